The summed E-state index contributed by atoms with van der Waals surface area (Å²) in [5.74, 6) is 0.436. The Balaban J connectivity index is 1.39. The molecule has 0 saturated heterocycles. The summed E-state index contributed by atoms with van der Waals surface area (Å²) in [4.78, 5) is 16.5. The average molecular weight is 339 g/mol. The molecule has 0 bridgehead atoms. The Morgan fingerprint density at radius 1 is 1.16 bits per heavy atom. The third-order valence-corrected chi connectivity index (χ3v) is 4.31. The van der Waals surface area contributed by atoms with Crippen molar-refractivity contribution in [3.8, 4) is 0 Å². The molecule has 1 unspecified atom stereocenters. The van der Waals surface area contributed by atoms with Gasteiger partial charge >= 0.3 is 0 Å². The second-order valence-corrected chi connectivity index (χ2v) is 6.03. The molecule has 0 aliphatic carbocycles. The summed E-state index contributed by atoms with van der Waals surface area (Å²) in [5, 5.41) is 6.62. The first kappa shape index (κ1) is 15.7. The Hall–Kier alpha value is -2.77. The van der Waals surface area contributed by atoms with Crippen molar-refractivity contribution in [2.45, 2.75) is 12.6 Å². The molecule has 0 fully saturated rings. The van der Waals surface area contributed by atoms with E-state index in [-0.39, 0.29) is 17.9 Å². The summed E-state index contributed by atoms with van der Waals surface area (Å²) < 4.78 is 12.9. The SMILES string of the molecule is O=C1NNC2NC(CNCCc3ccc(F)cc3)=Nc3cccc1c32. The fourth-order valence-corrected chi connectivity index (χ4v) is 3.06. The zero-order valence-electron chi connectivity index (χ0n) is 13.5. The zero-order valence-corrected chi connectivity index (χ0v) is 13.5. The van der Waals surface area contributed by atoms with Gasteiger partial charge in [-0.2, -0.15) is 0 Å². The van der Waals surface area contributed by atoms with Gasteiger partial charge in [0.05, 0.1) is 12.2 Å². The van der Waals surface area contributed by atoms with Crippen LogP contribution in [0.3, 0.4) is 0 Å². The van der Waals surface area contributed by atoms with Crippen molar-refractivity contribution < 1.29 is 9.18 Å². The summed E-state index contributed by atoms with van der Waals surface area (Å²) in [6.07, 6.45) is 0.627. The number of hydrogen-bond donors (Lipinski definition) is 4. The molecule has 1 amide bonds. The molecule has 1 atom stereocenters. The van der Waals surface area contributed by atoms with Crippen LogP contribution in [0.1, 0.15) is 27.7 Å². The van der Waals surface area contributed by atoms with Crippen molar-refractivity contribution in [1.82, 2.24) is 21.5 Å². The lowest BCUT2D eigenvalue weighted by Gasteiger charge is -2.32. The van der Waals surface area contributed by atoms with E-state index in [9.17, 15) is 9.18 Å². The highest BCUT2D eigenvalue weighted by molar-refractivity contribution is 6.00. The van der Waals surface area contributed by atoms with Gasteiger partial charge < -0.3 is 10.6 Å². The van der Waals surface area contributed by atoms with Crippen LogP contribution in [0, 0.1) is 5.82 Å². The van der Waals surface area contributed by atoms with Gasteiger partial charge in [0.15, 0.2) is 0 Å². The van der Waals surface area contributed by atoms with E-state index in [1.807, 2.05) is 12.1 Å². The first-order chi connectivity index (χ1) is 12.2. The Kier molecular flexibility index (Phi) is 4.17. The van der Waals surface area contributed by atoms with Gasteiger partial charge in [-0.05, 0) is 42.8 Å². The van der Waals surface area contributed by atoms with Crippen LogP contribution in [0.25, 0.3) is 0 Å². The molecule has 0 aromatic heterocycles. The van der Waals surface area contributed by atoms with E-state index in [1.54, 1.807) is 18.2 Å². The lowest BCUT2D eigenvalue weighted by Crippen LogP contribution is -2.54. The molecule has 25 heavy (non-hydrogen) atoms. The van der Waals surface area contributed by atoms with Crippen LogP contribution >= 0.6 is 0 Å². The van der Waals surface area contributed by atoms with E-state index in [4.69, 9.17) is 0 Å². The Bertz CT molecular complexity index is 834. The first-order valence-corrected chi connectivity index (χ1v) is 8.19. The van der Waals surface area contributed by atoms with Crippen molar-refractivity contribution in [1.29, 1.82) is 0 Å². The Labute approximate surface area is 144 Å². The molecule has 0 radical (unpaired) electrons. The molecule has 6 nitrogen and oxygen atoms in total. The number of carbonyl (C=O) groups excluding carboxylic acids is 1. The van der Waals surface area contributed by atoms with Gasteiger partial charge in [0.1, 0.15) is 17.8 Å². The Morgan fingerprint density at radius 2 is 2.00 bits per heavy atom. The predicted octanol–water partition coefficient (Wildman–Crippen LogP) is 1.54. The minimum absolute atomic E-state index is 0.147. The molecule has 128 valence electrons. The van der Waals surface area contributed by atoms with E-state index >= 15 is 0 Å². The minimum Gasteiger partial charge on any atom is -0.352 e. The standard InChI is InChI=1S/C18H18FN5O/c19-12-6-4-11(5-7-12)8-9-20-10-15-21-14-3-1-2-13-16(14)17(22-15)23-24-18(13)25/h1-7,17,20,23H,8-10H2,(H,21,22)(H,24,25). The van der Waals surface area contributed by atoms with Crippen molar-refractivity contribution in [2.75, 3.05) is 13.1 Å². The van der Waals surface area contributed by atoms with Crippen molar-refractivity contribution in [2.24, 2.45) is 4.99 Å². The maximum absolute atomic E-state index is 12.9. The number of hydrazine groups is 1. The Morgan fingerprint density at radius 3 is 2.84 bits per heavy atom. The lowest BCUT2D eigenvalue weighted by atomic mass is 9.99. The number of rotatable bonds is 5. The van der Waals surface area contributed by atoms with E-state index in [0.29, 0.717) is 12.1 Å². The number of amidine groups is 1. The third kappa shape index (κ3) is 3.24. The van der Waals surface area contributed by atoms with Gasteiger partial charge in [-0.3, -0.25) is 10.2 Å². The number of halogens is 1. The van der Waals surface area contributed by atoms with E-state index in [0.717, 1.165) is 35.6 Å². The molecule has 2 heterocycles. The molecular formula is C18H18FN5O. The molecule has 0 spiro atoms. The molecule has 0 saturated carbocycles. The molecule has 2 aliphatic heterocycles. The highest BCUT2D eigenvalue weighted by Crippen LogP contribution is 2.32. The topological polar surface area (TPSA) is 77.5 Å². The molecule has 2 aromatic carbocycles. The molecule has 4 N–H and O–H groups in total. The molecular weight excluding hydrogens is 321 g/mol. The van der Waals surface area contributed by atoms with Crippen molar-refractivity contribution in [3.05, 3.63) is 65.0 Å². The van der Waals surface area contributed by atoms with Crippen molar-refractivity contribution in [3.63, 3.8) is 0 Å². The maximum Gasteiger partial charge on any atom is 0.265 e. The monoisotopic (exact) mass is 339 g/mol. The van der Waals surface area contributed by atoms with E-state index in [1.165, 1.54) is 12.1 Å². The van der Waals surface area contributed by atoms with Gasteiger partial charge in [-0.25, -0.2) is 14.8 Å². The minimum atomic E-state index is -0.220. The van der Waals surface area contributed by atoms with Crippen LogP contribution in [0.2, 0.25) is 0 Å². The van der Waals surface area contributed by atoms with Crippen LogP contribution in [0.15, 0.2) is 47.5 Å². The second kappa shape index (κ2) is 6.62. The number of amides is 1. The van der Waals surface area contributed by atoms with Gasteiger partial charge in [0, 0.05) is 11.1 Å². The normalized spacial score (nSPS) is 18.0. The summed E-state index contributed by atoms with van der Waals surface area (Å²) in [6, 6.07) is 12.1. The highest BCUT2D eigenvalue weighted by atomic mass is 19.1. The average Bonchev–Trinajstić information content (AvgIpc) is 2.63. The number of carbonyl (C=O) groups is 1. The number of hydrogen-bond acceptors (Lipinski definition) is 5. The van der Waals surface area contributed by atoms with Gasteiger partial charge in [-0.1, -0.05) is 18.2 Å². The van der Waals surface area contributed by atoms with Crippen LogP contribution in [0.4, 0.5) is 10.1 Å². The van der Waals surface area contributed by atoms with Crippen LogP contribution < -0.4 is 21.5 Å². The number of benzene rings is 2. The number of nitrogens with one attached hydrogen (secondary N) is 4. The summed E-state index contributed by atoms with van der Waals surface area (Å²) >= 11 is 0. The quantitative estimate of drug-likeness (QED) is 0.623. The fraction of sp³-hybridized carbons (Fsp3) is 0.222. The van der Waals surface area contributed by atoms with E-state index in [2.05, 4.69) is 26.5 Å². The number of aliphatic imine (C=N–C) groups is 1. The van der Waals surface area contributed by atoms with Crippen LogP contribution in [-0.4, -0.2) is 24.8 Å². The lowest BCUT2D eigenvalue weighted by molar-refractivity contribution is 0.0904. The highest BCUT2D eigenvalue weighted by Gasteiger charge is 2.30. The van der Waals surface area contributed by atoms with Crippen LogP contribution in [0.5, 0.6) is 0 Å². The van der Waals surface area contributed by atoms with Gasteiger partial charge in [0.25, 0.3) is 5.91 Å². The molecule has 2 aromatic rings. The summed E-state index contributed by atoms with van der Waals surface area (Å²) in [5.41, 5.74) is 9.02. The largest absolute Gasteiger partial charge is 0.352 e. The van der Waals surface area contributed by atoms with E-state index < -0.39 is 0 Å². The third-order valence-electron chi connectivity index (χ3n) is 4.31. The van der Waals surface area contributed by atoms with Crippen LogP contribution in [-0.2, 0) is 6.42 Å². The summed E-state index contributed by atoms with van der Waals surface area (Å²) in [6.45, 7) is 1.34. The molecule has 7 heteroatoms. The summed E-state index contributed by atoms with van der Waals surface area (Å²) in [7, 11) is 0. The molecule has 2 aliphatic rings. The van der Waals surface area contributed by atoms with Crippen molar-refractivity contribution >= 4 is 17.4 Å². The van der Waals surface area contributed by atoms with Gasteiger partial charge in [-0.15, -0.1) is 0 Å². The first-order valence-electron chi connectivity index (χ1n) is 8.19. The predicted molar refractivity (Wildman–Crippen MR) is 93.0 cm³/mol. The number of nitrogens with zero attached hydrogens (tertiary/aromatic N) is 1. The maximum atomic E-state index is 12.9. The second-order valence-electron chi connectivity index (χ2n) is 6.03. The smallest absolute Gasteiger partial charge is 0.265 e. The fourth-order valence-electron chi connectivity index (χ4n) is 3.06. The zero-order chi connectivity index (χ0) is 17.2. The van der Waals surface area contributed by atoms with Gasteiger partial charge in [0.2, 0.25) is 0 Å². The molecule has 4 rings (SSSR count).